The molecular formula is C22H23FN4O3S. The van der Waals surface area contributed by atoms with Crippen LogP contribution in [0.25, 0.3) is 6.08 Å². The summed E-state index contributed by atoms with van der Waals surface area (Å²) >= 11 is 4.96. The van der Waals surface area contributed by atoms with Crippen LogP contribution >= 0.6 is 12.2 Å². The van der Waals surface area contributed by atoms with E-state index in [0.29, 0.717) is 23.2 Å². The largest absolute Gasteiger partial charge is 0.326 e. The van der Waals surface area contributed by atoms with E-state index in [1.54, 1.807) is 24.3 Å². The number of thiocarbonyl (C=S) groups is 1. The lowest BCUT2D eigenvalue weighted by Crippen LogP contribution is -2.48. The van der Waals surface area contributed by atoms with Gasteiger partial charge in [0.1, 0.15) is 5.82 Å². The number of rotatable bonds is 7. The van der Waals surface area contributed by atoms with E-state index in [2.05, 4.69) is 21.5 Å². The van der Waals surface area contributed by atoms with Crippen molar-refractivity contribution in [3.05, 3.63) is 71.6 Å². The average molecular weight is 443 g/mol. The monoisotopic (exact) mass is 442 g/mol. The van der Waals surface area contributed by atoms with Crippen LogP contribution in [0, 0.1) is 5.82 Å². The molecule has 0 bridgehead atoms. The maximum absolute atomic E-state index is 12.9. The summed E-state index contributed by atoms with van der Waals surface area (Å²) in [5.41, 5.74) is 6.39. The SMILES string of the molecule is CCCCC(=O)Nc1ccc(C(=O)NNC(=S)NC(=O)C=Cc2ccc(F)cc2)cc1. The van der Waals surface area contributed by atoms with E-state index in [0.717, 1.165) is 12.8 Å². The Labute approximate surface area is 185 Å². The van der Waals surface area contributed by atoms with Crippen molar-refractivity contribution in [3.8, 4) is 0 Å². The first-order valence-corrected chi connectivity index (χ1v) is 10.0. The van der Waals surface area contributed by atoms with Gasteiger partial charge in [-0.3, -0.25) is 30.6 Å². The van der Waals surface area contributed by atoms with Gasteiger partial charge in [-0.15, -0.1) is 0 Å². The Bertz CT molecular complexity index is 960. The number of hydrazine groups is 1. The fourth-order valence-electron chi connectivity index (χ4n) is 2.38. The van der Waals surface area contributed by atoms with Gasteiger partial charge in [0.2, 0.25) is 11.8 Å². The molecule has 31 heavy (non-hydrogen) atoms. The Balaban J connectivity index is 1.76. The van der Waals surface area contributed by atoms with Crippen molar-refractivity contribution in [2.24, 2.45) is 0 Å². The second-order valence-corrected chi connectivity index (χ2v) is 6.92. The zero-order valence-electron chi connectivity index (χ0n) is 16.9. The molecule has 3 amide bonds. The van der Waals surface area contributed by atoms with Crippen molar-refractivity contribution < 1.29 is 18.8 Å². The van der Waals surface area contributed by atoms with Crippen molar-refractivity contribution >= 4 is 46.8 Å². The van der Waals surface area contributed by atoms with E-state index in [1.165, 1.54) is 36.4 Å². The Morgan fingerprint density at radius 2 is 1.68 bits per heavy atom. The van der Waals surface area contributed by atoms with Crippen LogP contribution in [0.1, 0.15) is 42.1 Å². The van der Waals surface area contributed by atoms with Gasteiger partial charge >= 0.3 is 0 Å². The number of benzene rings is 2. The van der Waals surface area contributed by atoms with Crippen LogP contribution < -0.4 is 21.5 Å². The molecule has 0 atom stereocenters. The summed E-state index contributed by atoms with van der Waals surface area (Å²) in [5, 5.41) is 5.04. The summed E-state index contributed by atoms with van der Waals surface area (Å²) in [6, 6.07) is 12.0. The normalized spacial score (nSPS) is 10.4. The zero-order chi connectivity index (χ0) is 22.6. The van der Waals surface area contributed by atoms with Crippen LogP contribution in [0.3, 0.4) is 0 Å². The quantitative estimate of drug-likeness (QED) is 0.300. The lowest BCUT2D eigenvalue weighted by atomic mass is 10.2. The summed E-state index contributed by atoms with van der Waals surface area (Å²) in [6.45, 7) is 2.01. The molecular weight excluding hydrogens is 419 g/mol. The third kappa shape index (κ3) is 8.75. The average Bonchev–Trinajstić information content (AvgIpc) is 2.76. The predicted molar refractivity (Wildman–Crippen MR) is 121 cm³/mol. The smallest absolute Gasteiger partial charge is 0.269 e. The zero-order valence-corrected chi connectivity index (χ0v) is 17.7. The molecule has 7 nitrogen and oxygen atoms in total. The van der Waals surface area contributed by atoms with Crippen LogP contribution in [0.2, 0.25) is 0 Å². The van der Waals surface area contributed by atoms with E-state index < -0.39 is 11.8 Å². The molecule has 0 spiro atoms. The number of carbonyl (C=O) groups excluding carboxylic acids is 3. The van der Waals surface area contributed by atoms with Crippen LogP contribution in [-0.4, -0.2) is 22.8 Å². The number of anilines is 1. The van der Waals surface area contributed by atoms with Crippen molar-refractivity contribution in [2.45, 2.75) is 26.2 Å². The highest BCUT2D eigenvalue weighted by atomic mass is 32.1. The molecule has 0 saturated heterocycles. The third-order valence-corrected chi connectivity index (χ3v) is 4.22. The Morgan fingerprint density at radius 3 is 2.32 bits per heavy atom. The molecule has 4 N–H and O–H groups in total. The summed E-state index contributed by atoms with van der Waals surface area (Å²) < 4.78 is 12.9. The number of hydrogen-bond acceptors (Lipinski definition) is 4. The van der Waals surface area contributed by atoms with E-state index in [1.807, 2.05) is 6.92 Å². The fourth-order valence-corrected chi connectivity index (χ4v) is 2.53. The highest BCUT2D eigenvalue weighted by Crippen LogP contribution is 2.10. The second-order valence-electron chi connectivity index (χ2n) is 6.51. The molecule has 0 aliphatic rings. The third-order valence-electron chi connectivity index (χ3n) is 4.01. The number of hydrogen-bond donors (Lipinski definition) is 4. The fraction of sp³-hybridized carbons (Fsp3) is 0.182. The second kappa shape index (κ2) is 12.2. The predicted octanol–water partition coefficient (Wildman–Crippen LogP) is 3.30. The van der Waals surface area contributed by atoms with Crippen LogP contribution in [0.4, 0.5) is 10.1 Å². The molecule has 0 aliphatic heterocycles. The van der Waals surface area contributed by atoms with E-state index >= 15 is 0 Å². The molecule has 2 aromatic rings. The van der Waals surface area contributed by atoms with Gasteiger partial charge in [0.05, 0.1) is 0 Å². The molecule has 0 heterocycles. The number of unbranched alkanes of at least 4 members (excludes halogenated alkanes) is 1. The Kier molecular flexibility index (Phi) is 9.31. The van der Waals surface area contributed by atoms with E-state index in [-0.39, 0.29) is 16.8 Å². The van der Waals surface area contributed by atoms with Gasteiger partial charge < -0.3 is 5.32 Å². The minimum atomic E-state index is -0.515. The number of amides is 3. The van der Waals surface area contributed by atoms with Gasteiger partial charge in [0.25, 0.3) is 5.91 Å². The van der Waals surface area contributed by atoms with Crippen LogP contribution in [-0.2, 0) is 9.59 Å². The molecule has 0 saturated carbocycles. The van der Waals surface area contributed by atoms with E-state index in [4.69, 9.17) is 12.2 Å². The van der Waals surface area contributed by atoms with Gasteiger partial charge in [-0.25, -0.2) is 4.39 Å². The van der Waals surface area contributed by atoms with Crippen LogP contribution in [0.15, 0.2) is 54.6 Å². The number of nitrogens with one attached hydrogen (secondary N) is 4. The van der Waals surface area contributed by atoms with Crippen molar-refractivity contribution in [3.63, 3.8) is 0 Å². The molecule has 0 fully saturated rings. The molecule has 2 rings (SSSR count). The number of halogens is 1. The summed E-state index contributed by atoms with van der Waals surface area (Å²) in [5.74, 6) is -1.43. The molecule has 162 valence electrons. The van der Waals surface area contributed by atoms with Gasteiger partial charge in [-0.05, 0) is 66.7 Å². The summed E-state index contributed by atoms with van der Waals surface area (Å²) in [7, 11) is 0. The van der Waals surface area contributed by atoms with Gasteiger partial charge in [0.15, 0.2) is 5.11 Å². The van der Waals surface area contributed by atoms with Crippen molar-refractivity contribution in [2.75, 3.05) is 5.32 Å². The van der Waals surface area contributed by atoms with E-state index in [9.17, 15) is 18.8 Å². The van der Waals surface area contributed by atoms with Crippen molar-refractivity contribution in [1.82, 2.24) is 16.2 Å². The van der Waals surface area contributed by atoms with Gasteiger partial charge in [0, 0.05) is 23.7 Å². The minimum Gasteiger partial charge on any atom is -0.326 e. The molecule has 9 heteroatoms. The highest BCUT2D eigenvalue weighted by Gasteiger charge is 2.08. The number of carbonyl (C=O) groups is 3. The first kappa shape index (κ1) is 23.7. The Hall–Kier alpha value is -3.59. The first-order chi connectivity index (χ1) is 14.9. The lowest BCUT2D eigenvalue weighted by molar-refractivity contribution is -0.116. The molecule has 0 radical (unpaired) electrons. The van der Waals surface area contributed by atoms with Crippen molar-refractivity contribution in [1.29, 1.82) is 0 Å². The molecule has 0 unspecified atom stereocenters. The summed E-state index contributed by atoms with van der Waals surface area (Å²) in [6.07, 6.45) is 4.93. The first-order valence-electron chi connectivity index (χ1n) is 9.62. The molecule has 0 aliphatic carbocycles. The van der Waals surface area contributed by atoms with Gasteiger partial charge in [-0.2, -0.15) is 0 Å². The molecule has 0 aromatic heterocycles. The minimum absolute atomic E-state index is 0.0738. The maximum Gasteiger partial charge on any atom is 0.269 e. The lowest BCUT2D eigenvalue weighted by Gasteiger charge is -2.10. The molecule has 2 aromatic carbocycles. The summed E-state index contributed by atoms with van der Waals surface area (Å²) in [4.78, 5) is 35.8. The highest BCUT2D eigenvalue weighted by molar-refractivity contribution is 7.80. The standard InChI is InChI=1S/C22H23FN4O3S/c1-2-3-4-19(28)24-18-12-8-16(9-13-18)21(30)26-27-22(31)25-20(29)14-7-15-5-10-17(23)11-6-15/h5-14H,2-4H2,1H3,(H,24,28)(H,26,30)(H2,25,27,29,31). The van der Waals surface area contributed by atoms with Gasteiger partial charge in [-0.1, -0.05) is 25.5 Å². The Morgan fingerprint density at radius 1 is 1.00 bits per heavy atom. The maximum atomic E-state index is 12.9. The van der Waals surface area contributed by atoms with Crippen LogP contribution in [0.5, 0.6) is 0 Å². The topological polar surface area (TPSA) is 99.3 Å².